The van der Waals surface area contributed by atoms with Crippen molar-refractivity contribution >= 4 is 13.5 Å². The number of nitrogens with two attached hydrogens (primary N) is 1. The molecule has 1 atom stereocenters. The molecule has 8 nitrogen and oxygen atoms in total. The van der Waals surface area contributed by atoms with E-state index >= 15 is 0 Å². The summed E-state index contributed by atoms with van der Waals surface area (Å²) in [5.74, 6) is -0.585. The lowest BCUT2D eigenvalue weighted by Gasteiger charge is -2.14. The van der Waals surface area contributed by atoms with Crippen LogP contribution >= 0.6 is 7.60 Å². The number of amides is 1. The van der Waals surface area contributed by atoms with Gasteiger partial charge < -0.3 is 25.8 Å². The number of nitrogens with one attached hydrogen (secondary N) is 2. The van der Waals surface area contributed by atoms with Gasteiger partial charge in [-0.25, -0.2) is 4.98 Å². The SMILES string of the molecule is NC(=O)C(Cc1c[nH]cn1)NCCP(=O)(O)O. The molecule has 96 valence electrons. The third-order valence-corrected chi connectivity index (χ3v) is 2.91. The lowest BCUT2D eigenvalue weighted by Crippen LogP contribution is -2.44. The van der Waals surface area contributed by atoms with Crippen LogP contribution in [0.1, 0.15) is 5.69 Å². The number of carbonyl (C=O) groups excluding carboxylic acids is 1. The average Bonchev–Trinajstić information content (AvgIpc) is 2.66. The number of rotatable bonds is 7. The molecule has 0 saturated carbocycles. The Morgan fingerprint density at radius 3 is 2.82 bits per heavy atom. The Morgan fingerprint density at radius 2 is 2.35 bits per heavy atom. The van der Waals surface area contributed by atoms with E-state index in [4.69, 9.17) is 15.5 Å². The first kappa shape index (κ1) is 13.9. The highest BCUT2D eigenvalue weighted by molar-refractivity contribution is 7.51. The van der Waals surface area contributed by atoms with Gasteiger partial charge in [0.25, 0.3) is 0 Å². The van der Waals surface area contributed by atoms with Gasteiger partial charge in [-0.3, -0.25) is 9.36 Å². The molecule has 0 radical (unpaired) electrons. The summed E-state index contributed by atoms with van der Waals surface area (Å²) in [5, 5.41) is 2.69. The number of aromatic amines is 1. The Balaban J connectivity index is 2.44. The number of hydrogen-bond donors (Lipinski definition) is 5. The fourth-order valence-corrected chi connectivity index (χ4v) is 1.69. The van der Waals surface area contributed by atoms with Crippen LogP contribution in [0.25, 0.3) is 0 Å². The molecule has 1 rings (SSSR count). The topological polar surface area (TPSA) is 141 Å². The van der Waals surface area contributed by atoms with Gasteiger partial charge in [0, 0.05) is 19.2 Å². The maximum atomic E-state index is 11.1. The van der Waals surface area contributed by atoms with Crippen molar-refractivity contribution in [3.8, 4) is 0 Å². The molecular formula is C8H15N4O4P. The van der Waals surface area contributed by atoms with Crippen LogP contribution in [0.2, 0.25) is 0 Å². The second-order valence-electron chi connectivity index (χ2n) is 3.56. The smallest absolute Gasteiger partial charge is 0.326 e. The van der Waals surface area contributed by atoms with Crippen LogP contribution in [0.4, 0.5) is 0 Å². The Labute approximate surface area is 97.8 Å². The molecule has 1 amide bonds. The quantitative estimate of drug-likeness (QED) is 0.381. The number of H-pyrrole nitrogens is 1. The summed E-state index contributed by atoms with van der Waals surface area (Å²) in [5.41, 5.74) is 5.82. The van der Waals surface area contributed by atoms with Gasteiger partial charge in [-0.1, -0.05) is 0 Å². The number of carbonyl (C=O) groups is 1. The lowest BCUT2D eigenvalue weighted by molar-refractivity contribution is -0.120. The predicted molar refractivity (Wildman–Crippen MR) is 60.2 cm³/mol. The van der Waals surface area contributed by atoms with Gasteiger partial charge in [-0.2, -0.15) is 0 Å². The molecule has 0 aliphatic heterocycles. The van der Waals surface area contributed by atoms with E-state index in [1.165, 1.54) is 6.33 Å². The van der Waals surface area contributed by atoms with Gasteiger partial charge in [0.15, 0.2) is 0 Å². The highest BCUT2D eigenvalue weighted by atomic mass is 31.2. The van der Waals surface area contributed by atoms with Crippen molar-refractivity contribution in [1.29, 1.82) is 0 Å². The molecule has 1 unspecified atom stereocenters. The van der Waals surface area contributed by atoms with E-state index in [9.17, 15) is 9.36 Å². The van der Waals surface area contributed by atoms with Crippen LogP contribution in [0.3, 0.4) is 0 Å². The average molecular weight is 262 g/mol. The van der Waals surface area contributed by atoms with E-state index in [0.29, 0.717) is 5.69 Å². The minimum Gasteiger partial charge on any atom is -0.368 e. The fraction of sp³-hybridized carbons (Fsp3) is 0.500. The summed E-state index contributed by atoms with van der Waals surface area (Å²) in [6.07, 6.45) is 3.04. The number of aromatic nitrogens is 2. The molecule has 0 fully saturated rings. The first-order chi connectivity index (χ1) is 7.88. The zero-order chi connectivity index (χ0) is 12.9. The predicted octanol–water partition coefficient (Wildman–Crippen LogP) is -1.43. The summed E-state index contributed by atoms with van der Waals surface area (Å²) in [4.78, 5) is 35.1. The Morgan fingerprint density at radius 1 is 1.65 bits per heavy atom. The minimum absolute atomic E-state index is 0.0162. The maximum absolute atomic E-state index is 11.1. The van der Waals surface area contributed by atoms with E-state index in [-0.39, 0.29) is 19.1 Å². The minimum atomic E-state index is -4.06. The van der Waals surface area contributed by atoms with Crippen molar-refractivity contribution in [3.05, 3.63) is 18.2 Å². The number of hydrogen-bond acceptors (Lipinski definition) is 4. The van der Waals surface area contributed by atoms with E-state index in [1.54, 1.807) is 6.20 Å². The molecular weight excluding hydrogens is 247 g/mol. The molecule has 0 spiro atoms. The number of primary amides is 1. The molecule has 0 bridgehead atoms. The summed E-state index contributed by atoms with van der Waals surface area (Å²) >= 11 is 0. The third-order valence-electron chi connectivity index (χ3n) is 2.11. The largest absolute Gasteiger partial charge is 0.368 e. The first-order valence-electron chi connectivity index (χ1n) is 4.93. The number of nitrogens with zero attached hydrogens (tertiary/aromatic N) is 1. The molecule has 1 aromatic heterocycles. The van der Waals surface area contributed by atoms with E-state index < -0.39 is 19.5 Å². The van der Waals surface area contributed by atoms with Crippen LogP contribution in [0.15, 0.2) is 12.5 Å². The number of imidazole rings is 1. The summed E-state index contributed by atoms with van der Waals surface area (Å²) < 4.78 is 10.6. The zero-order valence-electron chi connectivity index (χ0n) is 9.04. The van der Waals surface area contributed by atoms with Crippen LogP contribution in [0, 0.1) is 0 Å². The van der Waals surface area contributed by atoms with Gasteiger partial charge in [-0.05, 0) is 0 Å². The molecule has 6 N–H and O–H groups in total. The molecule has 17 heavy (non-hydrogen) atoms. The Kier molecular flexibility index (Phi) is 4.83. The highest BCUT2D eigenvalue weighted by Gasteiger charge is 2.18. The van der Waals surface area contributed by atoms with Crippen LogP contribution in [0.5, 0.6) is 0 Å². The molecule has 0 aliphatic carbocycles. The van der Waals surface area contributed by atoms with Gasteiger partial charge in [0.1, 0.15) is 0 Å². The van der Waals surface area contributed by atoms with Gasteiger partial charge >= 0.3 is 7.60 Å². The van der Waals surface area contributed by atoms with Gasteiger partial charge in [0.05, 0.1) is 24.2 Å². The fourth-order valence-electron chi connectivity index (χ4n) is 1.27. The molecule has 1 aromatic rings. The van der Waals surface area contributed by atoms with E-state index in [0.717, 1.165) is 0 Å². The maximum Gasteiger partial charge on any atom is 0.326 e. The second-order valence-corrected chi connectivity index (χ2v) is 5.34. The van der Waals surface area contributed by atoms with Gasteiger partial charge in [0.2, 0.25) is 5.91 Å². The van der Waals surface area contributed by atoms with Crippen LogP contribution in [-0.2, 0) is 15.8 Å². The zero-order valence-corrected chi connectivity index (χ0v) is 9.93. The molecule has 0 aliphatic rings. The molecule has 9 heteroatoms. The highest BCUT2D eigenvalue weighted by Crippen LogP contribution is 2.32. The third kappa shape index (κ3) is 5.60. The monoisotopic (exact) mass is 262 g/mol. The van der Waals surface area contributed by atoms with Crippen LogP contribution < -0.4 is 11.1 Å². The normalized spacial score (nSPS) is 13.5. The van der Waals surface area contributed by atoms with Crippen molar-refractivity contribution in [1.82, 2.24) is 15.3 Å². The standard InChI is InChI=1S/C8H15N4O4P/c9-8(13)7(3-6-4-10-5-12-6)11-1-2-17(14,15)16/h4-5,7,11H,1-3H2,(H2,9,13)(H,10,12)(H2,14,15,16). The van der Waals surface area contributed by atoms with Crippen molar-refractivity contribution < 1.29 is 19.1 Å². The van der Waals surface area contributed by atoms with Crippen molar-refractivity contribution in [2.45, 2.75) is 12.5 Å². The Hall–Kier alpha value is -1.21. The summed E-state index contributed by atoms with van der Waals surface area (Å²) in [6, 6.07) is -0.690. The van der Waals surface area contributed by atoms with Gasteiger partial charge in [-0.15, -0.1) is 0 Å². The summed E-state index contributed by atoms with van der Waals surface area (Å²) in [7, 11) is -4.06. The first-order valence-corrected chi connectivity index (χ1v) is 6.73. The lowest BCUT2D eigenvalue weighted by atomic mass is 10.1. The van der Waals surface area contributed by atoms with Crippen molar-refractivity contribution in [2.75, 3.05) is 12.7 Å². The van der Waals surface area contributed by atoms with Crippen molar-refractivity contribution in [2.24, 2.45) is 5.73 Å². The molecule has 0 saturated heterocycles. The Bertz CT molecular complexity index is 402. The second kappa shape index (κ2) is 5.92. The van der Waals surface area contributed by atoms with Crippen LogP contribution in [-0.4, -0.2) is 44.4 Å². The molecule has 0 aromatic carbocycles. The molecule has 1 heterocycles. The van der Waals surface area contributed by atoms with Crippen molar-refractivity contribution in [3.63, 3.8) is 0 Å². The summed E-state index contributed by atoms with van der Waals surface area (Å²) in [6.45, 7) is 0.0162. The van der Waals surface area contributed by atoms with E-state index in [2.05, 4.69) is 15.3 Å². The van der Waals surface area contributed by atoms with E-state index in [1.807, 2.05) is 0 Å².